The van der Waals surface area contributed by atoms with Crippen molar-refractivity contribution in [2.24, 2.45) is 5.92 Å². The van der Waals surface area contributed by atoms with Gasteiger partial charge in [-0.2, -0.15) is 0 Å². The van der Waals surface area contributed by atoms with Gasteiger partial charge >= 0.3 is 0 Å². The molecule has 112 valence electrons. The fraction of sp³-hybridized carbons (Fsp3) is 0.500. The molecule has 0 aliphatic carbocycles. The largest absolute Gasteiger partial charge is 0.240 e. The van der Waals surface area contributed by atoms with Gasteiger partial charge < -0.3 is 0 Å². The highest BCUT2D eigenvalue weighted by atomic mass is 32.2. The van der Waals surface area contributed by atoms with Crippen molar-refractivity contribution in [2.45, 2.75) is 51.5 Å². The average Bonchev–Trinajstić information content (AvgIpc) is 2.26. The molecule has 0 heterocycles. The van der Waals surface area contributed by atoms with Crippen LogP contribution in [-0.2, 0) is 10.0 Å². The number of sulfonamides is 1. The van der Waals surface area contributed by atoms with E-state index in [1.807, 2.05) is 26.0 Å². The summed E-state index contributed by atoms with van der Waals surface area (Å²) in [4.78, 5) is 0.318. The summed E-state index contributed by atoms with van der Waals surface area (Å²) in [6.07, 6.45) is 1.47. The Bertz CT molecular complexity index is 544. The lowest BCUT2D eigenvalue weighted by atomic mass is 9.99. The van der Waals surface area contributed by atoms with E-state index in [1.54, 1.807) is 12.1 Å². The maximum absolute atomic E-state index is 12.4. The van der Waals surface area contributed by atoms with E-state index < -0.39 is 10.0 Å². The quantitative estimate of drug-likeness (QED) is 0.780. The second-order valence-corrected chi connectivity index (χ2v) is 7.64. The first kappa shape index (κ1) is 16.9. The Labute approximate surface area is 123 Å². The molecule has 1 atom stereocenters. The van der Waals surface area contributed by atoms with Gasteiger partial charge in [0, 0.05) is 6.04 Å². The van der Waals surface area contributed by atoms with Gasteiger partial charge in [0.2, 0.25) is 10.0 Å². The predicted molar refractivity (Wildman–Crippen MR) is 84.2 cm³/mol. The Balaban J connectivity index is 2.90. The van der Waals surface area contributed by atoms with Gasteiger partial charge in [0.15, 0.2) is 0 Å². The van der Waals surface area contributed by atoms with E-state index in [1.165, 1.54) is 0 Å². The highest BCUT2D eigenvalue weighted by Crippen LogP contribution is 2.16. The highest BCUT2D eigenvalue weighted by molar-refractivity contribution is 7.89. The van der Waals surface area contributed by atoms with Gasteiger partial charge in [-0.1, -0.05) is 37.1 Å². The second kappa shape index (κ2) is 7.04. The molecule has 0 radical (unpaired) electrons. The van der Waals surface area contributed by atoms with Crippen LogP contribution >= 0.6 is 0 Å². The van der Waals surface area contributed by atoms with Crippen molar-refractivity contribution in [2.75, 3.05) is 0 Å². The lowest BCUT2D eigenvalue weighted by molar-refractivity contribution is 0.457. The van der Waals surface area contributed by atoms with Crippen molar-refractivity contribution in [1.29, 1.82) is 0 Å². The summed E-state index contributed by atoms with van der Waals surface area (Å²) in [6.45, 7) is 11.9. The molecule has 0 amide bonds. The van der Waals surface area contributed by atoms with Crippen LogP contribution < -0.4 is 4.72 Å². The molecule has 4 heteroatoms. The molecule has 0 saturated carbocycles. The van der Waals surface area contributed by atoms with E-state index in [0.29, 0.717) is 17.2 Å². The molecule has 0 aliphatic rings. The van der Waals surface area contributed by atoms with Crippen LogP contribution in [0.5, 0.6) is 0 Å². The number of hydrogen-bond donors (Lipinski definition) is 1. The molecule has 0 spiro atoms. The van der Waals surface area contributed by atoms with Crippen molar-refractivity contribution in [3.05, 3.63) is 42.0 Å². The van der Waals surface area contributed by atoms with Gasteiger partial charge in [0.1, 0.15) is 0 Å². The third kappa shape index (κ3) is 5.47. The Hall–Kier alpha value is -1.13. The number of rotatable bonds is 7. The molecule has 0 aliphatic heterocycles. The zero-order valence-electron chi connectivity index (χ0n) is 12.8. The van der Waals surface area contributed by atoms with Crippen molar-refractivity contribution in [3.63, 3.8) is 0 Å². The summed E-state index contributed by atoms with van der Waals surface area (Å²) in [5.41, 5.74) is 2.03. The molecule has 1 aromatic carbocycles. The van der Waals surface area contributed by atoms with Crippen LogP contribution in [-0.4, -0.2) is 14.5 Å². The Kier molecular flexibility index (Phi) is 5.96. The first-order valence-corrected chi connectivity index (χ1v) is 8.42. The summed E-state index contributed by atoms with van der Waals surface area (Å²) < 4.78 is 27.6. The third-order valence-corrected chi connectivity index (χ3v) is 4.54. The minimum atomic E-state index is -3.46. The van der Waals surface area contributed by atoms with Crippen molar-refractivity contribution < 1.29 is 8.42 Å². The monoisotopic (exact) mass is 295 g/mol. The van der Waals surface area contributed by atoms with Crippen LogP contribution in [0.15, 0.2) is 41.3 Å². The number of aryl methyl sites for hydroxylation is 1. The lowest BCUT2D eigenvalue weighted by Gasteiger charge is -2.20. The SMILES string of the molecule is C=C(C)CC(CC(C)C)NS(=O)(=O)c1ccc(C)cc1. The number of hydrogen-bond acceptors (Lipinski definition) is 2. The molecule has 20 heavy (non-hydrogen) atoms. The molecular weight excluding hydrogens is 270 g/mol. The van der Waals surface area contributed by atoms with E-state index in [-0.39, 0.29) is 6.04 Å². The van der Waals surface area contributed by atoms with Crippen LogP contribution in [0.1, 0.15) is 39.2 Å². The van der Waals surface area contributed by atoms with Crippen LogP contribution in [0.2, 0.25) is 0 Å². The molecule has 1 rings (SSSR count). The van der Waals surface area contributed by atoms with Crippen LogP contribution in [0.3, 0.4) is 0 Å². The summed E-state index contributed by atoms with van der Waals surface area (Å²) >= 11 is 0. The molecule has 0 saturated heterocycles. The van der Waals surface area contributed by atoms with Crippen molar-refractivity contribution in [1.82, 2.24) is 4.72 Å². The minimum Gasteiger partial charge on any atom is -0.208 e. The molecule has 3 nitrogen and oxygen atoms in total. The highest BCUT2D eigenvalue weighted by Gasteiger charge is 2.20. The molecule has 1 unspecified atom stereocenters. The fourth-order valence-corrected chi connectivity index (χ4v) is 3.42. The Morgan fingerprint density at radius 2 is 1.80 bits per heavy atom. The zero-order chi connectivity index (χ0) is 15.3. The van der Waals surface area contributed by atoms with Crippen LogP contribution in [0, 0.1) is 12.8 Å². The third-order valence-electron chi connectivity index (χ3n) is 3.00. The van der Waals surface area contributed by atoms with E-state index in [9.17, 15) is 8.42 Å². The van der Waals surface area contributed by atoms with Gasteiger partial charge in [-0.05, 0) is 44.7 Å². The smallest absolute Gasteiger partial charge is 0.208 e. The summed E-state index contributed by atoms with van der Waals surface area (Å²) in [7, 11) is -3.46. The van der Waals surface area contributed by atoms with E-state index >= 15 is 0 Å². The molecule has 1 aromatic rings. The first-order chi connectivity index (χ1) is 9.20. The second-order valence-electron chi connectivity index (χ2n) is 5.92. The van der Waals surface area contributed by atoms with Crippen molar-refractivity contribution in [3.8, 4) is 0 Å². The zero-order valence-corrected chi connectivity index (χ0v) is 13.6. The normalized spacial score (nSPS) is 13.4. The average molecular weight is 295 g/mol. The topological polar surface area (TPSA) is 46.2 Å². The summed E-state index contributed by atoms with van der Waals surface area (Å²) in [5.74, 6) is 0.431. The van der Waals surface area contributed by atoms with Gasteiger partial charge in [0.25, 0.3) is 0 Å². The molecule has 1 N–H and O–H groups in total. The predicted octanol–water partition coefficient (Wildman–Crippen LogP) is 3.65. The maximum atomic E-state index is 12.4. The van der Waals surface area contributed by atoms with Gasteiger partial charge in [-0.25, -0.2) is 13.1 Å². The maximum Gasteiger partial charge on any atom is 0.240 e. The lowest BCUT2D eigenvalue weighted by Crippen LogP contribution is -2.36. The number of nitrogens with one attached hydrogen (secondary N) is 1. The first-order valence-electron chi connectivity index (χ1n) is 6.94. The van der Waals surface area contributed by atoms with Gasteiger partial charge in [0.05, 0.1) is 4.90 Å². The summed E-state index contributed by atoms with van der Waals surface area (Å²) in [6, 6.07) is 6.81. The standard InChI is InChI=1S/C16H25NO2S/c1-12(2)10-15(11-13(3)4)17-20(18,19)16-8-6-14(5)7-9-16/h6-9,13,15,17H,1,10-11H2,2-5H3. The van der Waals surface area contributed by atoms with E-state index in [0.717, 1.165) is 17.6 Å². The van der Waals surface area contributed by atoms with Gasteiger partial charge in [-0.3, -0.25) is 0 Å². The van der Waals surface area contributed by atoms with Crippen LogP contribution in [0.25, 0.3) is 0 Å². The van der Waals surface area contributed by atoms with E-state index in [4.69, 9.17) is 0 Å². The van der Waals surface area contributed by atoms with Crippen LogP contribution in [0.4, 0.5) is 0 Å². The molecule has 0 bridgehead atoms. The minimum absolute atomic E-state index is 0.0983. The molecule has 0 aromatic heterocycles. The Morgan fingerprint density at radius 1 is 1.25 bits per heavy atom. The Morgan fingerprint density at radius 3 is 2.25 bits per heavy atom. The van der Waals surface area contributed by atoms with Gasteiger partial charge in [-0.15, -0.1) is 6.58 Å². The van der Waals surface area contributed by atoms with Crippen molar-refractivity contribution >= 4 is 10.0 Å². The molecular formula is C16H25NO2S. The molecule has 0 fully saturated rings. The van der Waals surface area contributed by atoms with E-state index in [2.05, 4.69) is 25.1 Å². The fourth-order valence-electron chi connectivity index (χ4n) is 2.17. The number of benzene rings is 1. The summed E-state index contributed by atoms with van der Waals surface area (Å²) in [5, 5.41) is 0.